The molecule has 1 N–H and O–H groups in total. The van der Waals surface area contributed by atoms with Crippen LogP contribution in [0.25, 0.3) is 21.9 Å². The second kappa shape index (κ2) is 3.41. The number of carbonyl (C=O) groups is 1. The summed E-state index contributed by atoms with van der Waals surface area (Å²) in [4.78, 5) is 11.1. The summed E-state index contributed by atoms with van der Waals surface area (Å²) < 4.78 is 11.1. The summed E-state index contributed by atoms with van der Waals surface area (Å²) in [6, 6.07) is 5.72. The van der Waals surface area contributed by atoms with Gasteiger partial charge in [-0.3, -0.25) is 4.79 Å². The van der Waals surface area contributed by atoms with Gasteiger partial charge in [-0.2, -0.15) is 0 Å². The molecular formula is C15H12O4. The Hall–Kier alpha value is -2.23. The summed E-state index contributed by atoms with van der Waals surface area (Å²) in [6.07, 6.45) is 5.21. The number of furan rings is 2. The highest BCUT2D eigenvalue weighted by atomic mass is 16.4. The Morgan fingerprint density at radius 3 is 2.79 bits per heavy atom. The SMILES string of the molecule is O=C(O)CC1(c2c3ccoc3cc3ccoc23)CC1. The Bertz CT molecular complexity index is 740. The van der Waals surface area contributed by atoms with Crippen LogP contribution in [0.1, 0.15) is 24.8 Å². The van der Waals surface area contributed by atoms with Crippen molar-refractivity contribution in [3.05, 3.63) is 36.3 Å². The summed E-state index contributed by atoms with van der Waals surface area (Å²) >= 11 is 0. The van der Waals surface area contributed by atoms with Crippen molar-refractivity contribution in [1.29, 1.82) is 0 Å². The zero-order valence-electron chi connectivity index (χ0n) is 10.2. The summed E-state index contributed by atoms with van der Waals surface area (Å²) in [7, 11) is 0. The van der Waals surface area contributed by atoms with E-state index in [4.69, 9.17) is 13.9 Å². The van der Waals surface area contributed by atoms with Gasteiger partial charge in [-0.05, 0) is 31.0 Å². The van der Waals surface area contributed by atoms with E-state index in [-0.39, 0.29) is 11.8 Å². The molecule has 0 aliphatic heterocycles. The monoisotopic (exact) mass is 256 g/mol. The number of rotatable bonds is 3. The standard InChI is InChI=1S/C15H12O4/c16-12(17)8-15(3-4-15)13-10-2-6-18-11(10)7-9-1-5-19-14(9)13/h1-2,5-7H,3-4,8H2,(H,16,17). The molecule has 3 aromatic rings. The first-order valence-corrected chi connectivity index (χ1v) is 6.29. The third-order valence-corrected chi connectivity index (χ3v) is 4.05. The molecule has 1 aromatic carbocycles. The molecule has 2 aromatic heterocycles. The number of hydrogen-bond donors (Lipinski definition) is 1. The van der Waals surface area contributed by atoms with E-state index >= 15 is 0 Å². The first-order chi connectivity index (χ1) is 9.20. The molecule has 1 fully saturated rings. The van der Waals surface area contributed by atoms with Crippen LogP contribution in [0.3, 0.4) is 0 Å². The largest absolute Gasteiger partial charge is 0.481 e. The van der Waals surface area contributed by atoms with E-state index < -0.39 is 5.97 Å². The van der Waals surface area contributed by atoms with Crippen LogP contribution in [0.5, 0.6) is 0 Å². The van der Waals surface area contributed by atoms with Gasteiger partial charge in [-0.25, -0.2) is 0 Å². The lowest BCUT2D eigenvalue weighted by atomic mass is 9.88. The molecule has 0 saturated heterocycles. The molecule has 0 radical (unpaired) electrons. The number of aliphatic carboxylic acids is 1. The summed E-state index contributed by atoms with van der Waals surface area (Å²) in [5.74, 6) is -0.766. The lowest BCUT2D eigenvalue weighted by Crippen LogP contribution is -2.13. The number of hydrogen-bond acceptors (Lipinski definition) is 3. The first-order valence-electron chi connectivity index (χ1n) is 6.29. The van der Waals surface area contributed by atoms with E-state index in [2.05, 4.69) is 0 Å². The third kappa shape index (κ3) is 1.43. The van der Waals surface area contributed by atoms with E-state index in [1.807, 2.05) is 18.2 Å². The van der Waals surface area contributed by atoms with E-state index in [9.17, 15) is 4.79 Å². The summed E-state index contributed by atoms with van der Waals surface area (Å²) in [6.45, 7) is 0. The molecule has 1 saturated carbocycles. The second-order valence-electron chi connectivity index (χ2n) is 5.27. The average molecular weight is 256 g/mol. The lowest BCUT2D eigenvalue weighted by molar-refractivity contribution is -0.137. The van der Waals surface area contributed by atoms with Crippen LogP contribution in [0.2, 0.25) is 0 Å². The van der Waals surface area contributed by atoms with Gasteiger partial charge in [0.15, 0.2) is 0 Å². The van der Waals surface area contributed by atoms with Gasteiger partial charge in [0.05, 0.1) is 18.9 Å². The fourth-order valence-electron chi connectivity index (χ4n) is 3.02. The van der Waals surface area contributed by atoms with E-state index in [0.29, 0.717) is 0 Å². The van der Waals surface area contributed by atoms with E-state index in [1.165, 1.54) is 0 Å². The number of fused-ring (bicyclic) bond motifs is 2. The second-order valence-corrected chi connectivity index (χ2v) is 5.27. The Kier molecular flexibility index (Phi) is 1.91. The fourth-order valence-corrected chi connectivity index (χ4v) is 3.02. The maximum Gasteiger partial charge on any atom is 0.304 e. The molecule has 96 valence electrons. The minimum Gasteiger partial charge on any atom is -0.481 e. The normalized spacial score (nSPS) is 17.1. The van der Waals surface area contributed by atoms with Crippen molar-refractivity contribution in [2.45, 2.75) is 24.7 Å². The van der Waals surface area contributed by atoms with Crippen LogP contribution in [0.4, 0.5) is 0 Å². The maximum atomic E-state index is 11.1. The highest BCUT2D eigenvalue weighted by Crippen LogP contribution is 2.55. The third-order valence-electron chi connectivity index (χ3n) is 4.05. The zero-order valence-corrected chi connectivity index (χ0v) is 10.2. The molecule has 1 aliphatic carbocycles. The molecular weight excluding hydrogens is 244 g/mol. The van der Waals surface area contributed by atoms with Crippen molar-refractivity contribution in [1.82, 2.24) is 0 Å². The van der Waals surface area contributed by atoms with Crippen molar-refractivity contribution in [3.8, 4) is 0 Å². The lowest BCUT2D eigenvalue weighted by Gasteiger charge is -2.14. The Morgan fingerprint density at radius 1 is 1.26 bits per heavy atom. The molecule has 0 unspecified atom stereocenters. The summed E-state index contributed by atoms with van der Waals surface area (Å²) in [5, 5.41) is 11.1. The van der Waals surface area contributed by atoms with Gasteiger partial charge in [-0.15, -0.1) is 0 Å². The van der Waals surface area contributed by atoms with Gasteiger partial charge >= 0.3 is 5.97 Å². The minimum absolute atomic E-state index is 0.146. The van der Waals surface area contributed by atoms with Crippen LogP contribution in [0.15, 0.2) is 39.6 Å². The van der Waals surface area contributed by atoms with Crippen molar-refractivity contribution in [3.63, 3.8) is 0 Å². The molecule has 1 aliphatic rings. The van der Waals surface area contributed by atoms with Crippen molar-refractivity contribution >= 4 is 27.9 Å². The molecule has 4 rings (SSSR count). The molecule has 4 nitrogen and oxygen atoms in total. The van der Waals surface area contributed by atoms with Gasteiger partial charge in [0.25, 0.3) is 0 Å². The van der Waals surface area contributed by atoms with Gasteiger partial charge in [0.2, 0.25) is 0 Å². The van der Waals surface area contributed by atoms with Crippen LogP contribution in [-0.2, 0) is 10.2 Å². The predicted octanol–water partition coefficient (Wildman–Crippen LogP) is 3.69. The molecule has 0 spiro atoms. The predicted molar refractivity (Wildman–Crippen MR) is 69.2 cm³/mol. The Balaban J connectivity index is 2.06. The van der Waals surface area contributed by atoms with Crippen molar-refractivity contribution < 1.29 is 18.7 Å². The topological polar surface area (TPSA) is 63.6 Å². The molecule has 4 heteroatoms. The molecule has 0 bridgehead atoms. The van der Waals surface area contributed by atoms with Crippen molar-refractivity contribution in [2.24, 2.45) is 0 Å². The van der Waals surface area contributed by atoms with Gasteiger partial charge < -0.3 is 13.9 Å². The zero-order chi connectivity index (χ0) is 13.0. The summed E-state index contributed by atoms with van der Waals surface area (Å²) in [5.41, 5.74) is 2.31. The number of benzene rings is 1. The van der Waals surface area contributed by atoms with Gasteiger partial charge in [0, 0.05) is 21.8 Å². The van der Waals surface area contributed by atoms with Crippen LogP contribution in [-0.4, -0.2) is 11.1 Å². The smallest absolute Gasteiger partial charge is 0.304 e. The molecule has 0 amide bonds. The van der Waals surface area contributed by atoms with Crippen LogP contribution >= 0.6 is 0 Å². The molecule has 0 atom stereocenters. The quantitative estimate of drug-likeness (QED) is 0.776. The Labute approximate surface area is 108 Å². The van der Waals surface area contributed by atoms with Crippen molar-refractivity contribution in [2.75, 3.05) is 0 Å². The first kappa shape index (κ1) is 10.7. The number of carboxylic acid groups (broad SMARTS) is 1. The minimum atomic E-state index is -0.766. The maximum absolute atomic E-state index is 11.1. The molecule has 19 heavy (non-hydrogen) atoms. The average Bonchev–Trinajstić information content (AvgIpc) is 2.80. The fraction of sp³-hybridized carbons (Fsp3) is 0.267. The number of carboxylic acids is 1. The Morgan fingerprint density at radius 2 is 2.05 bits per heavy atom. The molecule has 2 heterocycles. The van der Waals surface area contributed by atoms with E-state index in [1.54, 1.807) is 12.5 Å². The van der Waals surface area contributed by atoms with Crippen LogP contribution in [0, 0.1) is 0 Å². The highest BCUT2D eigenvalue weighted by Gasteiger charge is 2.48. The van der Waals surface area contributed by atoms with Gasteiger partial charge in [-0.1, -0.05) is 0 Å². The van der Waals surface area contributed by atoms with E-state index in [0.717, 1.165) is 40.3 Å². The van der Waals surface area contributed by atoms with Gasteiger partial charge in [0.1, 0.15) is 11.2 Å². The highest BCUT2D eigenvalue weighted by molar-refractivity contribution is 5.99. The van der Waals surface area contributed by atoms with Crippen LogP contribution < -0.4 is 0 Å².